The van der Waals surface area contributed by atoms with Gasteiger partial charge >= 0.3 is 5.97 Å². The molecule has 6 N–H and O–H groups in total. The predicted octanol–water partition coefficient (Wildman–Crippen LogP) is 3.07. The Morgan fingerprint density at radius 3 is 2.49 bits per heavy atom. The molecule has 11 heteroatoms. The van der Waals surface area contributed by atoms with E-state index >= 15 is 0 Å². The molecule has 1 aromatic heterocycles. The number of nitrogens with one attached hydrogen (secondary N) is 2. The molecule has 0 spiro atoms. The van der Waals surface area contributed by atoms with Gasteiger partial charge in [0.2, 0.25) is 0 Å². The molecule has 0 fully saturated rings. The zero-order chi connectivity index (χ0) is 25.7. The third-order valence-corrected chi connectivity index (χ3v) is 6.60. The van der Waals surface area contributed by atoms with E-state index in [1.54, 1.807) is 18.2 Å². The number of nitro benzene ring substituents is 1. The van der Waals surface area contributed by atoms with Crippen LogP contribution in [0.3, 0.4) is 0 Å². The first kappa shape index (κ1) is 26.2. The van der Waals surface area contributed by atoms with E-state index in [0.717, 1.165) is 10.9 Å². The molecule has 1 amide bonds. The summed E-state index contributed by atoms with van der Waals surface area (Å²) in [5.41, 5.74) is 7.63. The Morgan fingerprint density at radius 1 is 1.17 bits per heavy atom. The van der Waals surface area contributed by atoms with Crippen LogP contribution in [0.2, 0.25) is 0 Å². The Labute approximate surface area is 206 Å². The van der Waals surface area contributed by atoms with E-state index < -0.39 is 35.0 Å². The molecule has 0 unspecified atom stereocenters. The molecule has 0 saturated heterocycles. The number of nitro groups is 1. The van der Waals surface area contributed by atoms with Gasteiger partial charge in [0, 0.05) is 23.0 Å². The highest BCUT2D eigenvalue weighted by molar-refractivity contribution is 7.99. The van der Waals surface area contributed by atoms with Crippen LogP contribution in [0.15, 0.2) is 58.5 Å². The molecule has 0 aliphatic carbocycles. The Kier molecular flexibility index (Phi) is 8.49. The zero-order valence-electron chi connectivity index (χ0n) is 19.3. The van der Waals surface area contributed by atoms with E-state index in [9.17, 15) is 29.9 Å². The van der Waals surface area contributed by atoms with Crippen LogP contribution in [-0.4, -0.2) is 50.2 Å². The maximum Gasteiger partial charge on any atom is 0.326 e. The standard InChI is InChI=1S/C24H28N4O6S/c1-13(2)11-18(24(31)32)26-22(30)21(29)16(25)12-15-14-7-3-4-8-17(14)27-23(15)35-20-10-6-5-9-19(20)28(33)34/h3-10,13,16,18,21,27,29H,11-12,25H2,1-2H3,(H,26,30)(H,31,32)/t16-,18+,21+/m1/s1. The molecular weight excluding hydrogens is 472 g/mol. The molecule has 186 valence electrons. The lowest BCUT2D eigenvalue weighted by Gasteiger charge is -2.22. The number of aliphatic hydroxyl groups excluding tert-OH is 1. The number of rotatable bonds is 11. The average molecular weight is 501 g/mol. The van der Waals surface area contributed by atoms with Crippen molar-refractivity contribution in [2.45, 2.75) is 54.8 Å². The number of aliphatic carboxylic acids is 1. The van der Waals surface area contributed by atoms with Gasteiger partial charge in [-0.25, -0.2) is 4.79 Å². The molecule has 0 bridgehead atoms. The molecule has 0 aliphatic heterocycles. The monoisotopic (exact) mass is 500 g/mol. The number of carboxylic acid groups (broad SMARTS) is 1. The topological polar surface area (TPSA) is 172 Å². The Balaban J connectivity index is 1.86. The fourth-order valence-electron chi connectivity index (χ4n) is 3.76. The van der Waals surface area contributed by atoms with E-state index in [-0.39, 0.29) is 24.4 Å². The Hall–Kier alpha value is -3.41. The van der Waals surface area contributed by atoms with Crippen LogP contribution >= 0.6 is 11.8 Å². The molecule has 1 heterocycles. The van der Waals surface area contributed by atoms with Crippen molar-refractivity contribution in [3.05, 3.63) is 64.2 Å². The SMILES string of the molecule is CC(C)C[C@H](NC(=O)[C@@H](O)[C@H](N)Cc1c(Sc2ccccc2[N+](=O)[O-])[nH]c2ccccc12)C(=O)O. The van der Waals surface area contributed by atoms with E-state index in [4.69, 9.17) is 5.73 Å². The number of amides is 1. The Morgan fingerprint density at radius 2 is 1.83 bits per heavy atom. The van der Waals surface area contributed by atoms with Gasteiger partial charge in [-0.2, -0.15) is 0 Å². The van der Waals surface area contributed by atoms with Crippen molar-refractivity contribution < 1.29 is 24.7 Å². The minimum atomic E-state index is -1.65. The third kappa shape index (κ3) is 6.38. The number of H-pyrrole nitrogens is 1. The second-order valence-electron chi connectivity index (χ2n) is 8.65. The van der Waals surface area contributed by atoms with Crippen molar-refractivity contribution in [1.29, 1.82) is 0 Å². The molecule has 3 aromatic rings. The van der Waals surface area contributed by atoms with E-state index in [0.29, 0.717) is 15.5 Å². The van der Waals surface area contributed by atoms with E-state index in [1.807, 2.05) is 38.1 Å². The Bertz CT molecular complexity index is 1230. The average Bonchev–Trinajstić information content (AvgIpc) is 3.14. The largest absolute Gasteiger partial charge is 0.480 e. The molecule has 35 heavy (non-hydrogen) atoms. The minimum absolute atomic E-state index is 0.0232. The van der Waals surface area contributed by atoms with Gasteiger partial charge in [0.25, 0.3) is 11.6 Å². The number of aromatic nitrogens is 1. The van der Waals surface area contributed by atoms with Gasteiger partial charge in [0.1, 0.15) is 12.1 Å². The summed E-state index contributed by atoms with van der Waals surface area (Å²) < 4.78 is 0. The van der Waals surface area contributed by atoms with Crippen LogP contribution in [-0.2, 0) is 16.0 Å². The number of carboxylic acids is 1. The van der Waals surface area contributed by atoms with Gasteiger partial charge in [0.15, 0.2) is 0 Å². The summed E-state index contributed by atoms with van der Waals surface area (Å²) in [6, 6.07) is 11.5. The number of carbonyl (C=O) groups is 2. The molecule has 0 saturated carbocycles. The molecule has 0 radical (unpaired) electrons. The summed E-state index contributed by atoms with van der Waals surface area (Å²) in [5.74, 6) is -2.03. The van der Waals surface area contributed by atoms with Gasteiger partial charge in [-0.15, -0.1) is 0 Å². The van der Waals surface area contributed by atoms with E-state index in [1.165, 1.54) is 17.8 Å². The summed E-state index contributed by atoms with van der Waals surface area (Å²) in [6.45, 7) is 3.66. The number of para-hydroxylation sites is 2. The van der Waals surface area contributed by atoms with Gasteiger partial charge in [0.05, 0.1) is 14.8 Å². The number of aliphatic hydroxyl groups is 1. The number of carbonyl (C=O) groups excluding carboxylic acids is 1. The van der Waals surface area contributed by atoms with Crippen molar-refractivity contribution in [2.75, 3.05) is 0 Å². The number of hydrogen-bond acceptors (Lipinski definition) is 7. The molecule has 2 aromatic carbocycles. The number of aromatic amines is 1. The van der Waals surface area contributed by atoms with Crippen molar-refractivity contribution in [1.82, 2.24) is 10.3 Å². The lowest BCUT2D eigenvalue weighted by molar-refractivity contribution is -0.387. The molecular formula is C24H28N4O6S. The van der Waals surface area contributed by atoms with Crippen LogP contribution in [0.25, 0.3) is 10.9 Å². The second-order valence-corrected chi connectivity index (χ2v) is 9.70. The number of fused-ring (bicyclic) bond motifs is 1. The molecule has 0 aliphatic rings. The highest BCUT2D eigenvalue weighted by atomic mass is 32.2. The summed E-state index contributed by atoms with van der Waals surface area (Å²) in [4.78, 5) is 38.7. The van der Waals surface area contributed by atoms with Crippen molar-refractivity contribution in [3.63, 3.8) is 0 Å². The van der Waals surface area contributed by atoms with Crippen LogP contribution in [0, 0.1) is 16.0 Å². The van der Waals surface area contributed by atoms with Gasteiger partial charge < -0.3 is 26.2 Å². The fourth-order valence-corrected chi connectivity index (χ4v) is 4.85. The van der Waals surface area contributed by atoms with Crippen molar-refractivity contribution in [2.24, 2.45) is 11.7 Å². The summed E-state index contributed by atoms with van der Waals surface area (Å²) >= 11 is 1.17. The first-order valence-corrected chi connectivity index (χ1v) is 11.9. The summed E-state index contributed by atoms with van der Waals surface area (Å²) in [7, 11) is 0. The van der Waals surface area contributed by atoms with E-state index in [2.05, 4.69) is 10.3 Å². The van der Waals surface area contributed by atoms with Crippen molar-refractivity contribution in [3.8, 4) is 0 Å². The maximum atomic E-state index is 12.6. The number of hydrogen-bond donors (Lipinski definition) is 5. The molecule has 10 nitrogen and oxygen atoms in total. The first-order chi connectivity index (χ1) is 16.6. The second kappa shape index (κ2) is 11.3. The zero-order valence-corrected chi connectivity index (χ0v) is 20.1. The van der Waals surface area contributed by atoms with Gasteiger partial charge in [-0.3, -0.25) is 14.9 Å². The predicted molar refractivity (Wildman–Crippen MR) is 132 cm³/mol. The molecule has 3 atom stereocenters. The lowest BCUT2D eigenvalue weighted by atomic mass is 9.99. The highest BCUT2D eigenvalue weighted by Gasteiger charge is 2.30. The summed E-state index contributed by atoms with van der Waals surface area (Å²) in [6.07, 6.45) is -1.37. The molecule has 3 rings (SSSR count). The number of benzene rings is 2. The smallest absolute Gasteiger partial charge is 0.326 e. The van der Waals surface area contributed by atoms with Gasteiger partial charge in [-0.1, -0.05) is 55.9 Å². The normalized spacial score (nSPS) is 14.0. The van der Waals surface area contributed by atoms with Crippen LogP contribution in [0.1, 0.15) is 25.8 Å². The van der Waals surface area contributed by atoms with Crippen molar-refractivity contribution >= 4 is 40.2 Å². The van der Waals surface area contributed by atoms with Crippen LogP contribution in [0.4, 0.5) is 5.69 Å². The van der Waals surface area contributed by atoms with Crippen LogP contribution < -0.4 is 11.1 Å². The highest BCUT2D eigenvalue weighted by Crippen LogP contribution is 2.39. The van der Waals surface area contributed by atoms with Gasteiger partial charge in [-0.05, 0) is 36.5 Å². The summed E-state index contributed by atoms with van der Waals surface area (Å²) in [5, 5.41) is 35.2. The number of nitrogens with zero attached hydrogens (tertiary/aromatic N) is 1. The van der Waals surface area contributed by atoms with Crippen LogP contribution in [0.5, 0.6) is 0 Å². The number of nitrogens with two attached hydrogens (primary N) is 1. The third-order valence-electron chi connectivity index (χ3n) is 5.48. The quantitative estimate of drug-likeness (QED) is 0.197. The first-order valence-electron chi connectivity index (χ1n) is 11.1. The maximum absolute atomic E-state index is 12.6. The minimum Gasteiger partial charge on any atom is -0.480 e. The fraction of sp³-hybridized carbons (Fsp3) is 0.333. The lowest BCUT2D eigenvalue weighted by Crippen LogP contribution is -2.52.